The molecule has 2 atom stereocenters. The third-order valence-corrected chi connectivity index (χ3v) is 4.72. The first kappa shape index (κ1) is 30.7. The molecule has 0 heterocycles. The minimum atomic E-state index is -0.831. The van der Waals surface area contributed by atoms with E-state index in [1.807, 2.05) is 46.8 Å². The summed E-state index contributed by atoms with van der Waals surface area (Å²) in [6, 6.07) is 5.93. The molecule has 0 radical (unpaired) electrons. The molecule has 1 aromatic carbocycles. The minimum absolute atomic E-state index is 0.0864. The van der Waals surface area contributed by atoms with Crippen LogP contribution in [0.4, 0.5) is 15.3 Å². The number of nitrogens with two attached hydrogens (primary N) is 2. The number of benzene rings is 1. The van der Waals surface area contributed by atoms with Crippen molar-refractivity contribution in [1.82, 2.24) is 16.0 Å². The van der Waals surface area contributed by atoms with Crippen LogP contribution in [0.1, 0.15) is 53.0 Å². The Labute approximate surface area is 203 Å². The molecule has 1 aromatic rings. The van der Waals surface area contributed by atoms with E-state index in [-0.39, 0.29) is 30.5 Å². The molecular formula is C24H42N6O4. The van der Waals surface area contributed by atoms with E-state index in [1.54, 1.807) is 12.1 Å². The van der Waals surface area contributed by atoms with Crippen LogP contribution in [0.3, 0.4) is 0 Å². The Morgan fingerprint density at radius 1 is 1.09 bits per heavy atom. The second-order valence-electron chi connectivity index (χ2n) is 7.73. The first-order valence-electron chi connectivity index (χ1n) is 11.7. The number of nitrogens with one attached hydrogen (secondary N) is 4. The van der Waals surface area contributed by atoms with Gasteiger partial charge in [-0.25, -0.2) is 9.59 Å². The zero-order chi connectivity index (χ0) is 26.1. The van der Waals surface area contributed by atoms with Crippen molar-refractivity contribution in [2.75, 3.05) is 18.4 Å². The SMILES string of the molecule is C=C(Nc1ccc(COC(N)=O)cc1)C(CCCNC(N)=O)NC(=O)C(NCC)C(C)C.CC. The maximum absolute atomic E-state index is 12.9. The molecule has 192 valence electrons. The number of hydrogen-bond acceptors (Lipinski definition) is 6. The number of hydrogen-bond donors (Lipinski definition) is 6. The van der Waals surface area contributed by atoms with E-state index in [1.165, 1.54) is 0 Å². The zero-order valence-electron chi connectivity index (χ0n) is 21.1. The lowest BCUT2D eigenvalue weighted by molar-refractivity contribution is -0.124. The molecule has 10 nitrogen and oxygen atoms in total. The number of carbonyl (C=O) groups excluding carboxylic acids is 3. The van der Waals surface area contributed by atoms with E-state index >= 15 is 0 Å². The highest BCUT2D eigenvalue weighted by molar-refractivity contribution is 5.82. The minimum Gasteiger partial charge on any atom is -0.445 e. The van der Waals surface area contributed by atoms with Gasteiger partial charge in [-0.1, -0.05) is 53.3 Å². The molecule has 0 aliphatic rings. The van der Waals surface area contributed by atoms with Crippen LogP contribution in [-0.2, 0) is 16.1 Å². The van der Waals surface area contributed by atoms with Crippen molar-refractivity contribution < 1.29 is 19.1 Å². The molecule has 8 N–H and O–H groups in total. The number of anilines is 1. The number of amides is 4. The standard InChI is InChI=1S/C22H36N6O4.C2H6/c1-5-25-19(14(2)3)20(29)28-18(7-6-12-26-21(23)30)15(4)27-17-10-8-16(9-11-17)13-32-22(24)31;1-2/h8-11,14,18-19,25,27H,4-7,12-13H2,1-3H3,(H2,24,31)(H,28,29)(H3,23,26,30);1-2H3. The van der Waals surface area contributed by atoms with Crippen molar-refractivity contribution in [3.8, 4) is 0 Å². The van der Waals surface area contributed by atoms with Gasteiger partial charge in [-0.05, 0) is 43.0 Å². The van der Waals surface area contributed by atoms with Gasteiger partial charge < -0.3 is 37.5 Å². The molecule has 4 amide bonds. The Hall–Kier alpha value is -3.27. The van der Waals surface area contributed by atoms with Crippen LogP contribution in [-0.4, -0.2) is 43.2 Å². The predicted molar refractivity (Wildman–Crippen MR) is 136 cm³/mol. The van der Waals surface area contributed by atoms with E-state index in [0.717, 1.165) is 11.3 Å². The Bertz CT molecular complexity index is 767. The van der Waals surface area contributed by atoms with E-state index < -0.39 is 12.1 Å². The Kier molecular flexibility index (Phi) is 15.6. The quantitative estimate of drug-likeness (QED) is 0.225. The number of carbonyl (C=O) groups is 3. The summed E-state index contributed by atoms with van der Waals surface area (Å²) in [5.41, 5.74) is 12.3. The summed E-state index contributed by atoms with van der Waals surface area (Å²) >= 11 is 0. The fourth-order valence-corrected chi connectivity index (χ4v) is 3.08. The zero-order valence-corrected chi connectivity index (χ0v) is 21.1. The third-order valence-electron chi connectivity index (χ3n) is 4.72. The summed E-state index contributed by atoms with van der Waals surface area (Å²) in [6.45, 7) is 15.2. The maximum atomic E-state index is 12.9. The van der Waals surface area contributed by atoms with Crippen molar-refractivity contribution in [2.45, 2.75) is 66.2 Å². The lowest BCUT2D eigenvalue weighted by Crippen LogP contribution is -2.51. The summed E-state index contributed by atoms with van der Waals surface area (Å²) in [4.78, 5) is 34.5. The van der Waals surface area contributed by atoms with Crippen LogP contribution < -0.4 is 32.7 Å². The molecule has 10 heteroatoms. The molecular weight excluding hydrogens is 436 g/mol. The maximum Gasteiger partial charge on any atom is 0.404 e. The first-order valence-corrected chi connectivity index (χ1v) is 11.7. The number of likely N-dealkylation sites (N-methyl/N-ethyl adjacent to an activating group) is 1. The molecule has 0 saturated heterocycles. The molecule has 0 bridgehead atoms. The largest absolute Gasteiger partial charge is 0.445 e. The van der Waals surface area contributed by atoms with Gasteiger partial charge in [-0.15, -0.1) is 0 Å². The van der Waals surface area contributed by atoms with Crippen LogP contribution in [0.5, 0.6) is 0 Å². The summed E-state index contributed by atoms with van der Waals surface area (Å²) in [5, 5.41) is 12.0. The van der Waals surface area contributed by atoms with Crippen LogP contribution in [0.2, 0.25) is 0 Å². The fraction of sp³-hybridized carbons (Fsp3) is 0.542. The van der Waals surface area contributed by atoms with Crippen LogP contribution in [0.25, 0.3) is 0 Å². The van der Waals surface area contributed by atoms with Gasteiger partial charge in [-0.3, -0.25) is 4.79 Å². The molecule has 0 aliphatic carbocycles. The average Bonchev–Trinajstić information content (AvgIpc) is 2.79. The average molecular weight is 479 g/mol. The molecule has 34 heavy (non-hydrogen) atoms. The van der Waals surface area contributed by atoms with E-state index in [0.29, 0.717) is 31.6 Å². The summed E-state index contributed by atoms with van der Waals surface area (Å²) < 4.78 is 4.77. The normalized spacial score (nSPS) is 11.9. The lowest BCUT2D eigenvalue weighted by atomic mass is 10.0. The van der Waals surface area contributed by atoms with Crippen molar-refractivity contribution in [1.29, 1.82) is 0 Å². The van der Waals surface area contributed by atoms with E-state index in [4.69, 9.17) is 16.2 Å². The highest BCUT2D eigenvalue weighted by atomic mass is 16.5. The van der Waals surface area contributed by atoms with Crippen LogP contribution >= 0.6 is 0 Å². The van der Waals surface area contributed by atoms with Crippen molar-refractivity contribution in [2.24, 2.45) is 17.4 Å². The van der Waals surface area contributed by atoms with Gasteiger partial charge in [0.05, 0.1) is 12.1 Å². The molecule has 0 aromatic heterocycles. The molecule has 0 saturated carbocycles. The highest BCUT2D eigenvalue weighted by Crippen LogP contribution is 2.16. The van der Waals surface area contributed by atoms with Gasteiger partial charge in [0.25, 0.3) is 0 Å². The molecule has 0 aliphatic heterocycles. The van der Waals surface area contributed by atoms with Gasteiger partial charge in [0, 0.05) is 17.9 Å². The molecule has 2 unspecified atom stereocenters. The number of urea groups is 1. The van der Waals surface area contributed by atoms with Crippen LogP contribution in [0.15, 0.2) is 36.5 Å². The first-order chi connectivity index (χ1) is 16.1. The Morgan fingerprint density at radius 2 is 1.71 bits per heavy atom. The molecule has 0 fully saturated rings. The summed E-state index contributed by atoms with van der Waals surface area (Å²) in [7, 11) is 0. The topological polar surface area (TPSA) is 161 Å². The second-order valence-corrected chi connectivity index (χ2v) is 7.73. The van der Waals surface area contributed by atoms with Crippen LogP contribution in [0, 0.1) is 5.92 Å². The summed E-state index contributed by atoms with van der Waals surface area (Å²) in [6.07, 6.45) is 0.326. The molecule has 0 spiro atoms. The van der Waals surface area contributed by atoms with Gasteiger partial charge in [0.1, 0.15) is 6.61 Å². The highest BCUT2D eigenvalue weighted by Gasteiger charge is 2.24. The monoisotopic (exact) mass is 478 g/mol. The lowest BCUT2D eigenvalue weighted by Gasteiger charge is -2.27. The van der Waals surface area contributed by atoms with Gasteiger partial charge in [-0.2, -0.15) is 0 Å². The van der Waals surface area contributed by atoms with Gasteiger partial charge in [0.15, 0.2) is 0 Å². The van der Waals surface area contributed by atoms with Crippen molar-refractivity contribution >= 4 is 23.7 Å². The predicted octanol–water partition coefficient (Wildman–Crippen LogP) is 2.80. The van der Waals surface area contributed by atoms with Gasteiger partial charge in [0.2, 0.25) is 5.91 Å². The Morgan fingerprint density at radius 3 is 2.21 bits per heavy atom. The number of rotatable bonds is 14. The van der Waals surface area contributed by atoms with Gasteiger partial charge >= 0.3 is 12.1 Å². The number of ether oxygens (including phenoxy) is 1. The smallest absolute Gasteiger partial charge is 0.404 e. The third kappa shape index (κ3) is 12.7. The fourth-order valence-electron chi connectivity index (χ4n) is 3.08. The summed E-state index contributed by atoms with van der Waals surface area (Å²) in [5.74, 6) is 0.000118. The molecule has 1 rings (SSSR count). The van der Waals surface area contributed by atoms with Crippen molar-refractivity contribution in [3.05, 3.63) is 42.1 Å². The van der Waals surface area contributed by atoms with E-state index in [9.17, 15) is 14.4 Å². The Balaban J connectivity index is 0.00000529. The number of primary amides is 2. The second kappa shape index (κ2) is 17.2. The van der Waals surface area contributed by atoms with Crippen molar-refractivity contribution in [3.63, 3.8) is 0 Å². The van der Waals surface area contributed by atoms with E-state index in [2.05, 4.69) is 27.8 Å².